The summed E-state index contributed by atoms with van der Waals surface area (Å²) < 4.78 is 11.0. The molecule has 0 aromatic heterocycles. The molecule has 1 heterocycles. The van der Waals surface area contributed by atoms with Crippen molar-refractivity contribution in [3.8, 4) is 0 Å². The molecular formula is C9H19NO2. The molecule has 1 fully saturated rings. The van der Waals surface area contributed by atoms with Gasteiger partial charge in [0, 0.05) is 26.5 Å². The minimum atomic E-state index is -0.151. The fourth-order valence-corrected chi connectivity index (χ4v) is 1.86. The highest BCUT2D eigenvalue weighted by molar-refractivity contribution is 4.92. The molecule has 1 aliphatic heterocycles. The lowest BCUT2D eigenvalue weighted by Crippen LogP contribution is -2.51. The Hall–Kier alpha value is -0.120. The Labute approximate surface area is 74.2 Å². The minimum Gasteiger partial charge on any atom is -0.377 e. The number of hydrogen-bond donors (Lipinski definition) is 1. The molecule has 0 aromatic rings. The van der Waals surface area contributed by atoms with E-state index in [4.69, 9.17) is 15.2 Å². The second-order valence-corrected chi connectivity index (χ2v) is 4.13. The van der Waals surface area contributed by atoms with Gasteiger partial charge >= 0.3 is 0 Å². The quantitative estimate of drug-likeness (QED) is 0.675. The zero-order chi connectivity index (χ0) is 9.24. The third-order valence-electron chi connectivity index (χ3n) is 2.60. The van der Waals surface area contributed by atoms with E-state index in [1.807, 2.05) is 0 Å². The molecule has 0 radical (unpaired) electrons. The fraction of sp³-hybridized carbons (Fsp3) is 1.00. The summed E-state index contributed by atoms with van der Waals surface area (Å²) in [6, 6.07) is 0. The molecule has 3 nitrogen and oxygen atoms in total. The van der Waals surface area contributed by atoms with Crippen LogP contribution in [0.2, 0.25) is 0 Å². The van der Waals surface area contributed by atoms with Gasteiger partial charge in [-0.3, -0.25) is 0 Å². The molecule has 0 bridgehead atoms. The first-order chi connectivity index (χ1) is 5.54. The molecule has 0 aromatic carbocycles. The van der Waals surface area contributed by atoms with Crippen molar-refractivity contribution in [1.82, 2.24) is 0 Å². The standard InChI is InChI=1S/C9H19NO2/c1-8(2)6-9(7-10,11-3)4-5-12-8/h4-7,10H2,1-3H3. The van der Waals surface area contributed by atoms with E-state index >= 15 is 0 Å². The zero-order valence-electron chi connectivity index (χ0n) is 8.22. The summed E-state index contributed by atoms with van der Waals surface area (Å²) in [7, 11) is 1.73. The molecule has 1 saturated heterocycles. The molecule has 1 rings (SSSR count). The van der Waals surface area contributed by atoms with Crippen LogP contribution >= 0.6 is 0 Å². The maximum absolute atomic E-state index is 5.69. The highest BCUT2D eigenvalue weighted by Crippen LogP contribution is 2.33. The van der Waals surface area contributed by atoms with Gasteiger partial charge in [0.1, 0.15) is 0 Å². The van der Waals surface area contributed by atoms with Crippen LogP contribution in [0, 0.1) is 0 Å². The summed E-state index contributed by atoms with van der Waals surface area (Å²) in [5, 5.41) is 0. The van der Waals surface area contributed by atoms with Gasteiger partial charge in [-0.05, 0) is 13.8 Å². The lowest BCUT2D eigenvalue weighted by atomic mass is 9.84. The normalized spacial score (nSPS) is 35.0. The van der Waals surface area contributed by atoms with Crippen LogP contribution < -0.4 is 5.73 Å². The first-order valence-corrected chi connectivity index (χ1v) is 4.43. The van der Waals surface area contributed by atoms with E-state index in [0.717, 1.165) is 19.4 Å². The van der Waals surface area contributed by atoms with E-state index in [9.17, 15) is 0 Å². The summed E-state index contributed by atoms with van der Waals surface area (Å²) in [4.78, 5) is 0. The number of hydrogen-bond acceptors (Lipinski definition) is 3. The van der Waals surface area contributed by atoms with Crippen molar-refractivity contribution in [2.75, 3.05) is 20.3 Å². The number of rotatable bonds is 2. The molecule has 2 N–H and O–H groups in total. The Morgan fingerprint density at radius 1 is 1.50 bits per heavy atom. The smallest absolute Gasteiger partial charge is 0.0849 e. The van der Waals surface area contributed by atoms with Crippen molar-refractivity contribution >= 4 is 0 Å². The molecule has 1 atom stereocenters. The Morgan fingerprint density at radius 2 is 2.17 bits per heavy atom. The summed E-state index contributed by atoms with van der Waals surface area (Å²) in [5.74, 6) is 0. The van der Waals surface area contributed by atoms with Crippen LogP contribution in [0.3, 0.4) is 0 Å². The van der Waals surface area contributed by atoms with Gasteiger partial charge in [-0.2, -0.15) is 0 Å². The lowest BCUT2D eigenvalue weighted by molar-refractivity contribution is -0.153. The van der Waals surface area contributed by atoms with Gasteiger partial charge in [-0.15, -0.1) is 0 Å². The summed E-state index contributed by atoms with van der Waals surface area (Å²) >= 11 is 0. The largest absolute Gasteiger partial charge is 0.377 e. The third-order valence-corrected chi connectivity index (χ3v) is 2.60. The first-order valence-electron chi connectivity index (χ1n) is 4.43. The van der Waals surface area contributed by atoms with Crippen molar-refractivity contribution < 1.29 is 9.47 Å². The van der Waals surface area contributed by atoms with Crippen molar-refractivity contribution in [2.24, 2.45) is 5.73 Å². The molecule has 0 amide bonds. The lowest BCUT2D eigenvalue weighted by Gasteiger charge is -2.43. The summed E-state index contributed by atoms with van der Waals surface area (Å²) in [6.07, 6.45) is 1.79. The number of methoxy groups -OCH3 is 1. The van der Waals surface area contributed by atoms with Gasteiger partial charge in [-0.25, -0.2) is 0 Å². The monoisotopic (exact) mass is 173 g/mol. The van der Waals surface area contributed by atoms with Gasteiger partial charge in [0.2, 0.25) is 0 Å². The molecule has 1 unspecified atom stereocenters. The topological polar surface area (TPSA) is 44.5 Å². The van der Waals surface area contributed by atoms with Gasteiger partial charge in [0.15, 0.2) is 0 Å². The van der Waals surface area contributed by atoms with Gasteiger partial charge in [-0.1, -0.05) is 0 Å². The average molecular weight is 173 g/mol. The zero-order valence-corrected chi connectivity index (χ0v) is 8.22. The highest BCUT2D eigenvalue weighted by atomic mass is 16.5. The van der Waals surface area contributed by atoms with Gasteiger partial charge in [0.25, 0.3) is 0 Å². The molecule has 0 saturated carbocycles. The van der Waals surface area contributed by atoms with Gasteiger partial charge < -0.3 is 15.2 Å². The van der Waals surface area contributed by atoms with Crippen LogP contribution in [0.15, 0.2) is 0 Å². The van der Waals surface area contributed by atoms with Crippen LogP contribution in [-0.2, 0) is 9.47 Å². The molecule has 12 heavy (non-hydrogen) atoms. The van der Waals surface area contributed by atoms with Crippen molar-refractivity contribution in [1.29, 1.82) is 0 Å². The average Bonchev–Trinajstić information content (AvgIpc) is 2.02. The van der Waals surface area contributed by atoms with Crippen LogP contribution in [0.25, 0.3) is 0 Å². The Kier molecular flexibility index (Phi) is 2.76. The first kappa shape index (κ1) is 9.96. The van der Waals surface area contributed by atoms with Crippen molar-refractivity contribution in [3.63, 3.8) is 0 Å². The maximum atomic E-state index is 5.69. The van der Waals surface area contributed by atoms with Gasteiger partial charge in [0.05, 0.1) is 17.8 Å². The molecule has 3 heteroatoms. The number of nitrogens with two attached hydrogens (primary N) is 1. The third kappa shape index (κ3) is 1.97. The second kappa shape index (κ2) is 3.32. The Balaban J connectivity index is 2.65. The van der Waals surface area contributed by atoms with E-state index < -0.39 is 0 Å². The number of ether oxygens (including phenoxy) is 2. The highest BCUT2D eigenvalue weighted by Gasteiger charge is 2.39. The predicted octanol–water partition coefficient (Wildman–Crippen LogP) is 0.919. The SMILES string of the molecule is COC1(CN)CCOC(C)(C)C1. The van der Waals surface area contributed by atoms with Crippen molar-refractivity contribution in [2.45, 2.75) is 37.9 Å². The minimum absolute atomic E-state index is 0.0897. The van der Waals surface area contributed by atoms with E-state index in [2.05, 4.69) is 13.8 Å². The van der Waals surface area contributed by atoms with E-state index in [-0.39, 0.29) is 11.2 Å². The molecule has 72 valence electrons. The molecule has 0 spiro atoms. The molecular weight excluding hydrogens is 154 g/mol. The van der Waals surface area contributed by atoms with E-state index in [1.165, 1.54) is 0 Å². The predicted molar refractivity (Wildman–Crippen MR) is 48.1 cm³/mol. The second-order valence-electron chi connectivity index (χ2n) is 4.13. The maximum Gasteiger partial charge on any atom is 0.0849 e. The fourth-order valence-electron chi connectivity index (χ4n) is 1.86. The Bertz CT molecular complexity index is 153. The summed E-state index contributed by atoms with van der Waals surface area (Å²) in [5.41, 5.74) is 5.45. The molecule has 1 aliphatic rings. The molecule has 0 aliphatic carbocycles. The van der Waals surface area contributed by atoms with Crippen molar-refractivity contribution in [3.05, 3.63) is 0 Å². The van der Waals surface area contributed by atoms with E-state index in [0.29, 0.717) is 6.54 Å². The van der Waals surface area contributed by atoms with E-state index in [1.54, 1.807) is 7.11 Å². The van der Waals surface area contributed by atoms with Crippen LogP contribution in [0.4, 0.5) is 0 Å². The van der Waals surface area contributed by atoms with Crippen LogP contribution in [0.5, 0.6) is 0 Å². The van der Waals surface area contributed by atoms with Crippen LogP contribution in [-0.4, -0.2) is 31.5 Å². The Morgan fingerprint density at radius 3 is 2.50 bits per heavy atom. The van der Waals surface area contributed by atoms with Crippen LogP contribution in [0.1, 0.15) is 26.7 Å². The summed E-state index contributed by atoms with van der Waals surface area (Å²) in [6.45, 7) is 5.49.